The summed E-state index contributed by atoms with van der Waals surface area (Å²) in [5.74, 6) is 1.33. The molecule has 0 spiro atoms. The van der Waals surface area contributed by atoms with Crippen LogP contribution in [0.25, 0.3) is 0 Å². The van der Waals surface area contributed by atoms with E-state index in [4.69, 9.17) is 5.10 Å². The zero-order valence-electron chi connectivity index (χ0n) is 18.3. The Morgan fingerprint density at radius 3 is 2.61 bits per heavy atom. The summed E-state index contributed by atoms with van der Waals surface area (Å²) in [5, 5.41) is 20.5. The molecule has 7 nitrogen and oxygen atoms in total. The number of rotatable bonds is 7. The van der Waals surface area contributed by atoms with E-state index in [-0.39, 0.29) is 11.9 Å². The third-order valence-electron chi connectivity index (χ3n) is 6.37. The van der Waals surface area contributed by atoms with Crippen LogP contribution in [0.15, 0.2) is 45.3 Å². The molecule has 1 unspecified atom stereocenters. The minimum atomic E-state index is -0.0274. The molecule has 1 amide bonds. The molecule has 172 valence electrons. The maximum absolute atomic E-state index is 13.4. The quantitative estimate of drug-likeness (QED) is 0.419. The first kappa shape index (κ1) is 21.4. The summed E-state index contributed by atoms with van der Waals surface area (Å²) in [6.07, 6.45) is 6.81. The van der Waals surface area contributed by atoms with Crippen molar-refractivity contribution in [1.82, 2.24) is 19.8 Å². The summed E-state index contributed by atoms with van der Waals surface area (Å²) >= 11 is 4.86. The van der Waals surface area contributed by atoms with E-state index in [0.29, 0.717) is 11.8 Å². The zero-order valence-corrected chi connectivity index (χ0v) is 20.7. The van der Waals surface area contributed by atoms with Crippen LogP contribution in [0.1, 0.15) is 60.4 Å². The summed E-state index contributed by atoms with van der Waals surface area (Å²) in [6.45, 7) is 2.09. The van der Waals surface area contributed by atoms with E-state index in [2.05, 4.69) is 42.6 Å². The smallest absolute Gasteiger partial charge is 0.253 e. The van der Waals surface area contributed by atoms with Gasteiger partial charge in [-0.25, -0.2) is 5.01 Å². The molecule has 1 atom stereocenters. The zero-order chi connectivity index (χ0) is 22.2. The van der Waals surface area contributed by atoms with Gasteiger partial charge in [-0.2, -0.15) is 5.10 Å². The number of hydrogen-bond acceptors (Lipinski definition) is 8. The lowest BCUT2D eigenvalue weighted by molar-refractivity contribution is -0.130. The number of thiophene rings is 2. The lowest BCUT2D eigenvalue weighted by Crippen LogP contribution is -2.32. The predicted molar refractivity (Wildman–Crippen MR) is 134 cm³/mol. The van der Waals surface area contributed by atoms with Crippen molar-refractivity contribution in [3.05, 3.63) is 44.8 Å². The summed E-state index contributed by atoms with van der Waals surface area (Å²) in [4.78, 5) is 18.1. The molecule has 3 aliphatic rings. The Morgan fingerprint density at radius 2 is 1.88 bits per heavy atom. The number of aromatic nitrogens is 3. The van der Waals surface area contributed by atoms with E-state index < -0.39 is 0 Å². The van der Waals surface area contributed by atoms with Crippen molar-refractivity contribution in [2.24, 2.45) is 5.10 Å². The Balaban J connectivity index is 1.20. The number of carbonyl (C=O) groups is 1. The lowest BCUT2D eigenvalue weighted by atomic mass is 10.1. The predicted octanol–water partition coefficient (Wildman–Crippen LogP) is 5.20. The highest BCUT2D eigenvalue weighted by molar-refractivity contribution is 7.99. The standard InChI is InChI=1S/C23H26N6OS3/c30-21(29-18(20-7-5-13-32-20)14-17(26-29)19-6-4-12-31-19)15-33-23-25-24-22(28(23)16-8-9-16)27-10-2-1-3-11-27/h4-7,12-13,16,18H,1-3,8-11,14-15H2. The van der Waals surface area contributed by atoms with Gasteiger partial charge in [0.05, 0.1) is 22.4 Å². The van der Waals surface area contributed by atoms with Crippen molar-refractivity contribution in [2.45, 2.75) is 55.8 Å². The number of hydrazone groups is 1. The number of amides is 1. The normalized spacial score (nSPS) is 21.0. The van der Waals surface area contributed by atoms with Crippen LogP contribution in [0.4, 0.5) is 5.95 Å². The number of piperidine rings is 1. The maximum atomic E-state index is 13.4. The van der Waals surface area contributed by atoms with Gasteiger partial charge in [0.1, 0.15) is 0 Å². The molecule has 10 heteroatoms. The molecule has 0 radical (unpaired) electrons. The second kappa shape index (κ2) is 9.23. The average molecular weight is 499 g/mol. The molecule has 5 heterocycles. The Labute approximate surface area is 205 Å². The van der Waals surface area contributed by atoms with Gasteiger partial charge in [-0.15, -0.1) is 32.9 Å². The van der Waals surface area contributed by atoms with Crippen molar-refractivity contribution < 1.29 is 4.79 Å². The fraction of sp³-hybridized carbons (Fsp3) is 0.478. The van der Waals surface area contributed by atoms with E-state index >= 15 is 0 Å². The van der Waals surface area contributed by atoms with Gasteiger partial charge in [0.15, 0.2) is 5.16 Å². The van der Waals surface area contributed by atoms with Gasteiger partial charge in [0.25, 0.3) is 5.91 Å². The van der Waals surface area contributed by atoms with Crippen LogP contribution < -0.4 is 4.90 Å². The minimum absolute atomic E-state index is 0.0230. The summed E-state index contributed by atoms with van der Waals surface area (Å²) in [7, 11) is 0. The van der Waals surface area contributed by atoms with Gasteiger partial charge in [-0.3, -0.25) is 9.36 Å². The molecule has 33 heavy (non-hydrogen) atoms. The van der Waals surface area contributed by atoms with E-state index in [0.717, 1.165) is 41.2 Å². The van der Waals surface area contributed by atoms with Crippen molar-refractivity contribution in [3.63, 3.8) is 0 Å². The van der Waals surface area contributed by atoms with E-state index in [1.807, 2.05) is 12.1 Å². The van der Waals surface area contributed by atoms with E-state index in [1.165, 1.54) is 48.7 Å². The van der Waals surface area contributed by atoms with Crippen LogP contribution in [-0.4, -0.2) is 50.2 Å². The molecule has 0 N–H and O–H groups in total. The van der Waals surface area contributed by atoms with Crippen LogP contribution in [0.3, 0.4) is 0 Å². The summed E-state index contributed by atoms with van der Waals surface area (Å²) in [5.41, 5.74) is 0.996. The molecule has 6 rings (SSSR count). The number of nitrogens with zero attached hydrogens (tertiary/aromatic N) is 6. The van der Waals surface area contributed by atoms with E-state index in [9.17, 15) is 4.79 Å². The average Bonchev–Trinajstić information content (AvgIpc) is 3.34. The van der Waals surface area contributed by atoms with Crippen molar-refractivity contribution in [2.75, 3.05) is 23.7 Å². The molecule has 0 bridgehead atoms. The molecule has 2 aliphatic heterocycles. The van der Waals surface area contributed by atoms with Crippen LogP contribution in [0.2, 0.25) is 0 Å². The fourth-order valence-electron chi connectivity index (χ4n) is 4.56. The SMILES string of the molecule is O=C(CSc1nnc(N2CCCCC2)n1C1CC1)N1N=C(c2cccs2)CC1c1cccs1. The first-order valence-electron chi connectivity index (χ1n) is 11.6. The van der Waals surface area contributed by atoms with E-state index in [1.54, 1.807) is 27.7 Å². The van der Waals surface area contributed by atoms with Crippen molar-refractivity contribution in [1.29, 1.82) is 0 Å². The third kappa shape index (κ3) is 4.36. The van der Waals surface area contributed by atoms with Gasteiger partial charge in [0, 0.05) is 30.4 Å². The first-order valence-corrected chi connectivity index (χ1v) is 14.3. The van der Waals surface area contributed by atoms with Gasteiger partial charge >= 0.3 is 0 Å². The molecular formula is C23H26N6OS3. The number of thioether (sulfide) groups is 1. The van der Waals surface area contributed by atoms with Gasteiger partial charge < -0.3 is 4.90 Å². The van der Waals surface area contributed by atoms with Crippen LogP contribution in [-0.2, 0) is 4.79 Å². The molecule has 3 aromatic heterocycles. The molecule has 3 aromatic rings. The second-order valence-electron chi connectivity index (χ2n) is 8.72. The third-order valence-corrected chi connectivity index (χ3v) is 9.19. The van der Waals surface area contributed by atoms with Crippen molar-refractivity contribution in [3.8, 4) is 0 Å². The molecular weight excluding hydrogens is 472 g/mol. The molecule has 0 aromatic carbocycles. The summed E-state index contributed by atoms with van der Waals surface area (Å²) < 4.78 is 2.28. The highest BCUT2D eigenvalue weighted by atomic mass is 32.2. The lowest BCUT2D eigenvalue weighted by Gasteiger charge is -2.27. The topological polar surface area (TPSA) is 66.6 Å². The van der Waals surface area contributed by atoms with Gasteiger partial charge in [0.2, 0.25) is 5.95 Å². The minimum Gasteiger partial charge on any atom is -0.341 e. The number of hydrogen-bond donors (Lipinski definition) is 0. The summed E-state index contributed by atoms with van der Waals surface area (Å²) in [6, 6.07) is 8.71. The van der Waals surface area contributed by atoms with Gasteiger partial charge in [-0.05, 0) is 55.0 Å². The highest BCUT2D eigenvalue weighted by Crippen LogP contribution is 2.42. The van der Waals surface area contributed by atoms with Crippen LogP contribution in [0.5, 0.6) is 0 Å². The number of anilines is 1. The van der Waals surface area contributed by atoms with Crippen LogP contribution in [0, 0.1) is 0 Å². The molecule has 2 fully saturated rings. The molecule has 1 saturated carbocycles. The van der Waals surface area contributed by atoms with Gasteiger partial charge in [-0.1, -0.05) is 23.9 Å². The fourth-order valence-corrected chi connectivity index (χ4v) is 6.94. The Bertz CT molecular complexity index is 1130. The monoisotopic (exact) mass is 498 g/mol. The Morgan fingerprint density at radius 1 is 1.06 bits per heavy atom. The van der Waals surface area contributed by atoms with Crippen molar-refractivity contribution >= 4 is 52.0 Å². The van der Waals surface area contributed by atoms with Crippen LogP contribution >= 0.6 is 34.4 Å². The highest BCUT2D eigenvalue weighted by Gasteiger charge is 2.35. The molecule has 1 aliphatic carbocycles. The first-order chi connectivity index (χ1) is 16.3. The molecule has 1 saturated heterocycles. The Hall–Kier alpha value is -2.17. The maximum Gasteiger partial charge on any atom is 0.253 e. The Kier molecular flexibility index (Phi) is 5.98. The number of carbonyl (C=O) groups excluding carboxylic acids is 1. The largest absolute Gasteiger partial charge is 0.341 e. The second-order valence-corrected chi connectivity index (χ2v) is 11.6.